The lowest BCUT2D eigenvalue weighted by Gasteiger charge is -2.26. The fourth-order valence-corrected chi connectivity index (χ4v) is 2.63. The second-order valence-electron chi connectivity index (χ2n) is 7.46. The molecule has 0 bridgehead atoms. The number of benzene rings is 1. The standard InChI is InChI=1S/C22H30O2/c1-7-19(17(2)3)20(18-13-9-8-10-14-18)15-11-12-16-24-21(23)22(4,5)6/h7-10,13-14,17,19-20H,1,15-16H2,2-6H3/t19-,20-/m1/s1. The van der Waals surface area contributed by atoms with Gasteiger partial charge < -0.3 is 4.74 Å². The first-order chi connectivity index (χ1) is 11.3. The summed E-state index contributed by atoms with van der Waals surface area (Å²) in [5.41, 5.74) is 0.789. The van der Waals surface area contributed by atoms with Crippen molar-refractivity contribution in [1.29, 1.82) is 0 Å². The van der Waals surface area contributed by atoms with E-state index in [0.29, 0.717) is 17.8 Å². The Bertz CT molecular complexity index is 582. The van der Waals surface area contributed by atoms with E-state index >= 15 is 0 Å². The zero-order chi connectivity index (χ0) is 18.2. The average Bonchev–Trinajstić information content (AvgIpc) is 2.52. The normalized spacial score (nSPS) is 13.6. The topological polar surface area (TPSA) is 26.3 Å². The Morgan fingerprint density at radius 1 is 1.21 bits per heavy atom. The van der Waals surface area contributed by atoms with Crippen LogP contribution in [0.25, 0.3) is 0 Å². The Morgan fingerprint density at radius 3 is 2.33 bits per heavy atom. The van der Waals surface area contributed by atoms with Crippen molar-refractivity contribution in [2.75, 3.05) is 6.61 Å². The van der Waals surface area contributed by atoms with Gasteiger partial charge in [-0.25, -0.2) is 0 Å². The monoisotopic (exact) mass is 326 g/mol. The largest absolute Gasteiger partial charge is 0.452 e. The van der Waals surface area contributed by atoms with Crippen molar-refractivity contribution < 1.29 is 9.53 Å². The number of carbonyl (C=O) groups is 1. The summed E-state index contributed by atoms with van der Waals surface area (Å²) in [5, 5.41) is 0. The molecule has 0 saturated heterocycles. The Morgan fingerprint density at radius 2 is 1.83 bits per heavy atom. The molecule has 0 spiro atoms. The molecular weight excluding hydrogens is 296 g/mol. The third kappa shape index (κ3) is 6.24. The lowest BCUT2D eigenvalue weighted by atomic mass is 9.77. The van der Waals surface area contributed by atoms with Gasteiger partial charge in [-0.15, -0.1) is 6.58 Å². The van der Waals surface area contributed by atoms with E-state index in [1.807, 2.05) is 32.9 Å². The second-order valence-corrected chi connectivity index (χ2v) is 7.46. The summed E-state index contributed by atoms with van der Waals surface area (Å²) in [7, 11) is 0. The van der Waals surface area contributed by atoms with Gasteiger partial charge in [-0.1, -0.05) is 62.1 Å². The van der Waals surface area contributed by atoms with Crippen LogP contribution in [0.2, 0.25) is 0 Å². The summed E-state index contributed by atoms with van der Waals surface area (Å²) in [4.78, 5) is 11.7. The zero-order valence-corrected chi connectivity index (χ0v) is 15.6. The summed E-state index contributed by atoms with van der Waals surface area (Å²) in [6.07, 6.45) is 2.76. The highest BCUT2D eigenvalue weighted by atomic mass is 16.5. The maximum absolute atomic E-state index is 11.7. The van der Waals surface area contributed by atoms with Crippen LogP contribution in [0, 0.1) is 29.1 Å². The molecule has 2 nitrogen and oxygen atoms in total. The fraction of sp³-hybridized carbons (Fsp3) is 0.500. The van der Waals surface area contributed by atoms with Crippen LogP contribution in [-0.2, 0) is 9.53 Å². The van der Waals surface area contributed by atoms with Gasteiger partial charge in [-0.2, -0.15) is 0 Å². The molecule has 0 heterocycles. The minimum Gasteiger partial charge on any atom is -0.452 e. The first kappa shape index (κ1) is 20.0. The van der Waals surface area contributed by atoms with Crippen LogP contribution in [0.1, 0.15) is 52.5 Å². The van der Waals surface area contributed by atoms with Gasteiger partial charge in [0.2, 0.25) is 0 Å². The van der Waals surface area contributed by atoms with Gasteiger partial charge in [0, 0.05) is 12.3 Å². The molecule has 0 unspecified atom stereocenters. The zero-order valence-electron chi connectivity index (χ0n) is 15.6. The number of allylic oxidation sites excluding steroid dienone is 1. The first-order valence-electron chi connectivity index (χ1n) is 8.57. The van der Waals surface area contributed by atoms with Crippen molar-refractivity contribution in [2.24, 2.45) is 17.3 Å². The van der Waals surface area contributed by atoms with Crippen molar-refractivity contribution in [3.05, 3.63) is 48.6 Å². The number of rotatable bonds is 6. The average molecular weight is 326 g/mol. The van der Waals surface area contributed by atoms with Gasteiger partial charge in [0.1, 0.15) is 0 Å². The van der Waals surface area contributed by atoms with E-state index in [2.05, 4.69) is 56.5 Å². The number of esters is 1. The minimum atomic E-state index is -0.486. The number of hydrogen-bond donors (Lipinski definition) is 0. The van der Waals surface area contributed by atoms with E-state index in [1.54, 1.807) is 0 Å². The molecule has 0 radical (unpaired) electrons. The van der Waals surface area contributed by atoms with E-state index in [4.69, 9.17) is 4.74 Å². The van der Waals surface area contributed by atoms with Crippen LogP contribution in [0.4, 0.5) is 0 Å². The van der Waals surface area contributed by atoms with Crippen LogP contribution >= 0.6 is 0 Å². The molecule has 0 aromatic heterocycles. The molecule has 24 heavy (non-hydrogen) atoms. The molecule has 130 valence electrons. The third-order valence-electron chi connectivity index (χ3n) is 4.07. The van der Waals surface area contributed by atoms with E-state index in [0.717, 1.165) is 6.42 Å². The fourth-order valence-electron chi connectivity index (χ4n) is 2.63. The highest BCUT2D eigenvalue weighted by molar-refractivity contribution is 5.75. The molecule has 0 N–H and O–H groups in total. The maximum atomic E-state index is 11.7. The molecule has 0 fully saturated rings. The summed E-state index contributed by atoms with van der Waals surface area (Å²) >= 11 is 0. The first-order valence-corrected chi connectivity index (χ1v) is 8.57. The lowest BCUT2D eigenvalue weighted by Crippen LogP contribution is -2.23. The van der Waals surface area contributed by atoms with Crippen molar-refractivity contribution in [2.45, 2.75) is 47.0 Å². The Hall–Kier alpha value is -2.01. The van der Waals surface area contributed by atoms with E-state index in [9.17, 15) is 4.79 Å². The molecule has 0 saturated carbocycles. The van der Waals surface area contributed by atoms with E-state index < -0.39 is 5.41 Å². The molecule has 1 aromatic carbocycles. The SMILES string of the molecule is C=C[C@H](C(C)C)[C@H](CC#CCOC(=O)C(C)(C)C)c1ccccc1. The lowest BCUT2D eigenvalue weighted by molar-refractivity contribution is -0.151. The number of ether oxygens (including phenoxy) is 1. The molecule has 0 aliphatic carbocycles. The van der Waals surface area contributed by atoms with Crippen LogP contribution in [-0.4, -0.2) is 12.6 Å². The predicted octanol–water partition coefficient (Wildman–Crippen LogP) is 5.21. The minimum absolute atomic E-state index is 0.151. The van der Waals surface area contributed by atoms with E-state index in [-0.39, 0.29) is 12.6 Å². The maximum Gasteiger partial charge on any atom is 0.312 e. The van der Waals surface area contributed by atoms with Crippen molar-refractivity contribution in [1.82, 2.24) is 0 Å². The molecule has 2 heteroatoms. The number of carbonyl (C=O) groups excluding carboxylic acids is 1. The molecule has 0 aliphatic rings. The summed E-state index contributed by atoms with van der Waals surface area (Å²) in [6.45, 7) is 14.1. The van der Waals surface area contributed by atoms with Gasteiger partial charge in [0.15, 0.2) is 6.61 Å². The molecule has 1 rings (SSSR count). The summed E-state index contributed by atoms with van der Waals surface area (Å²) < 4.78 is 5.20. The van der Waals surface area contributed by atoms with Crippen LogP contribution < -0.4 is 0 Å². The van der Waals surface area contributed by atoms with Crippen molar-refractivity contribution in [3.8, 4) is 11.8 Å². The van der Waals surface area contributed by atoms with Gasteiger partial charge in [0.25, 0.3) is 0 Å². The van der Waals surface area contributed by atoms with Gasteiger partial charge >= 0.3 is 5.97 Å². The summed E-state index contributed by atoms with van der Waals surface area (Å²) in [6, 6.07) is 10.4. The highest BCUT2D eigenvalue weighted by Gasteiger charge is 2.23. The Labute approximate surface area is 147 Å². The van der Waals surface area contributed by atoms with Crippen LogP contribution in [0.15, 0.2) is 43.0 Å². The smallest absolute Gasteiger partial charge is 0.312 e. The van der Waals surface area contributed by atoms with Crippen molar-refractivity contribution >= 4 is 5.97 Å². The molecular formula is C22H30O2. The van der Waals surface area contributed by atoms with E-state index in [1.165, 1.54) is 5.56 Å². The Balaban J connectivity index is 2.76. The molecule has 2 atom stereocenters. The van der Waals surface area contributed by atoms with Crippen molar-refractivity contribution in [3.63, 3.8) is 0 Å². The third-order valence-corrected chi connectivity index (χ3v) is 4.07. The predicted molar refractivity (Wildman–Crippen MR) is 101 cm³/mol. The highest BCUT2D eigenvalue weighted by Crippen LogP contribution is 2.33. The summed E-state index contributed by atoms with van der Waals surface area (Å²) in [5.74, 6) is 7.10. The van der Waals surface area contributed by atoms with Crippen LogP contribution in [0.3, 0.4) is 0 Å². The second kappa shape index (κ2) is 9.33. The molecule has 1 aromatic rings. The van der Waals surface area contributed by atoms with Gasteiger partial charge in [0.05, 0.1) is 5.41 Å². The molecule has 0 amide bonds. The number of hydrogen-bond acceptors (Lipinski definition) is 2. The van der Waals surface area contributed by atoms with Crippen LogP contribution in [0.5, 0.6) is 0 Å². The molecule has 0 aliphatic heterocycles. The Kier molecular flexibility index (Phi) is 7.79. The van der Waals surface area contributed by atoms with Gasteiger partial charge in [-0.05, 0) is 38.2 Å². The quantitative estimate of drug-likeness (QED) is 0.407. The van der Waals surface area contributed by atoms with Gasteiger partial charge in [-0.3, -0.25) is 4.79 Å².